The van der Waals surface area contributed by atoms with Gasteiger partial charge < -0.3 is 15.1 Å². The number of nitro benzene ring substituents is 1. The molecule has 29 heavy (non-hydrogen) atoms. The number of rotatable bonds is 4. The molecular formula is C22H22N4O3. The minimum atomic E-state index is -0.508. The van der Waals surface area contributed by atoms with Crippen molar-refractivity contribution in [2.75, 3.05) is 43.4 Å². The van der Waals surface area contributed by atoms with Crippen molar-refractivity contribution in [2.24, 2.45) is 0 Å². The second-order valence-corrected chi connectivity index (χ2v) is 7.23. The number of nitrogens with zero attached hydrogens (tertiary/aromatic N) is 3. The minimum Gasteiger partial charge on any atom is -0.369 e. The highest BCUT2D eigenvalue weighted by Gasteiger charge is 2.23. The number of benzene rings is 3. The summed E-state index contributed by atoms with van der Waals surface area (Å²) in [4.78, 5) is 28.4. The van der Waals surface area contributed by atoms with Crippen molar-refractivity contribution in [3.63, 3.8) is 0 Å². The second-order valence-electron chi connectivity index (χ2n) is 7.23. The third-order valence-electron chi connectivity index (χ3n) is 5.33. The molecular weight excluding hydrogens is 368 g/mol. The van der Waals surface area contributed by atoms with Crippen LogP contribution in [-0.4, -0.2) is 49.0 Å². The predicted molar refractivity (Wildman–Crippen MR) is 115 cm³/mol. The molecule has 1 heterocycles. The first kappa shape index (κ1) is 18.9. The van der Waals surface area contributed by atoms with E-state index in [2.05, 4.69) is 22.2 Å². The number of carbonyl (C=O) groups excluding carboxylic acids is 1. The van der Waals surface area contributed by atoms with Crippen LogP contribution in [0.3, 0.4) is 0 Å². The first-order chi connectivity index (χ1) is 14.0. The van der Waals surface area contributed by atoms with E-state index in [1.807, 2.05) is 36.4 Å². The zero-order valence-electron chi connectivity index (χ0n) is 16.2. The number of nitrogens with one attached hydrogen (secondary N) is 1. The van der Waals surface area contributed by atoms with Crippen molar-refractivity contribution in [1.82, 2.24) is 4.90 Å². The van der Waals surface area contributed by atoms with Gasteiger partial charge in [0.1, 0.15) is 5.56 Å². The van der Waals surface area contributed by atoms with Gasteiger partial charge in [0, 0.05) is 49.0 Å². The number of amides is 1. The number of hydrogen-bond acceptors (Lipinski definition) is 5. The summed E-state index contributed by atoms with van der Waals surface area (Å²) in [5.74, 6) is -0.482. The normalized spacial score (nSPS) is 14.7. The average Bonchev–Trinajstić information content (AvgIpc) is 2.74. The Hall–Kier alpha value is -3.45. The van der Waals surface area contributed by atoms with Gasteiger partial charge >= 0.3 is 0 Å². The summed E-state index contributed by atoms with van der Waals surface area (Å²) in [6, 6.07) is 18.1. The lowest BCUT2D eigenvalue weighted by atomic mass is 10.1. The Kier molecular flexibility index (Phi) is 5.14. The molecule has 0 saturated carbocycles. The summed E-state index contributed by atoms with van der Waals surface area (Å²) in [6.45, 7) is 3.46. The van der Waals surface area contributed by atoms with E-state index in [0.29, 0.717) is 5.69 Å². The topological polar surface area (TPSA) is 78.7 Å². The van der Waals surface area contributed by atoms with Gasteiger partial charge in [-0.1, -0.05) is 36.4 Å². The Morgan fingerprint density at radius 1 is 1.00 bits per heavy atom. The van der Waals surface area contributed by atoms with Crippen LogP contribution in [0.2, 0.25) is 0 Å². The van der Waals surface area contributed by atoms with Crippen molar-refractivity contribution in [3.05, 3.63) is 76.3 Å². The predicted octanol–water partition coefficient (Wildman–Crippen LogP) is 3.75. The van der Waals surface area contributed by atoms with Crippen LogP contribution < -0.4 is 10.2 Å². The van der Waals surface area contributed by atoms with Crippen LogP contribution in [0.4, 0.5) is 17.1 Å². The molecule has 1 saturated heterocycles. The third kappa shape index (κ3) is 3.90. The molecule has 0 atom stereocenters. The van der Waals surface area contributed by atoms with Crippen molar-refractivity contribution in [1.29, 1.82) is 0 Å². The molecule has 3 aromatic carbocycles. The molecule has 0 spiro atoms. The lowest BCUT2D eigenvalue weighted by Gasteiger charge is -2.34. The largest absolute Gasteiger partial charge is 0.369 e. The molecule has 1 N–H and O–H groups in total. The molecule has 7 heteroatoms. The maximum Gasteiger partial charge on any atom is 0.282 e. The maximum atomic E-state index is 13.0. The maximum absolute atomic E-state index is 13.0. The van der Waals surface area contributed by atoms with Gasteiger partial charge in [-0.3, -0.25) is 14.9 Å². The van der Waals surface area contributed by atoms with Gasteiger partial charge in [0.2, 0.25) is 0 Å². The first-order valence-electron chi connectivity index (χ1n) is 9.54. The lowest BCUT2D eigenvalue weighted by molar-refractivity contribution is -0.385. The number of nitro groups is 1. The Morgan fingerprint density at radius 3 is 2.48 bits per heavy atom. The Bertz CT molecular complexity index is 1070. The standard InChI is InChI=1S/C22H22N4O3/c1-24-11-13-25(14-12-24)17-9-10-21(26(28)29)19(15-17)22(27)23-20-8-4-6-16-5-2-3-7-18(16)20/h2-10,15H,11-14H2,1H3,(H,23,27). The summed E-state index contributed by atoms with van der Waals surface area (Å²) in [7, 11) is 2.07. The molecule has 148 valence electrons. The summed E-state index contributed by atoms with van der Waals surface area (Å²) in [5, 5.41) is 16.3. The molecule has 0 bridgehead atoms. The van der Waals surface area contributed by atoms with Crippen LogP contribution in [0, 0.1) is 10.1 Å². The number of hydrogen-bond donors (Lipinski definition) is 1. The number of anilines is 2. The molecule has 7 nitrogen and oxygen atoms in total. The molecule has 0 aromatic heterocycles. The fourth-order valence-electron chi connectivity index (χ4n) is 3.65. The smallest absolute Gasteiger partial charge is 0.282 e. The van der Waals surface area contributed by atoms with E-state index < -0.39 is 10.8 Å². The number of likely N-dealkylation sites (N-methyl/N-ethyl adjacent to an activating group) is 1. The molecule has 1 fully saturated rings. The monoisotopic (exact) mass is 390 g/mol. The Balaban J connectivity index is 1.67. The molecule has 4 rings (SSSR count). The first-order valence-corrected chi connectivity index (χ1v) is 9.54. The Labute approximate surface area is 168 Å². The van der Waals surface area contributed by atoms with E-state index in [1.54, 1.807) is 18.2 Å². The molecule has 0 aliphatic carbocycles. The van der Waals surface area contributed by atoms with Crippen molar-refractivity contribution in [2.45, 2.75) is 0 Å². The van der Waals surface area contributed by atoms with E-state index in [-0.39, 0.29) is 11.3 Å². The highest BCUT2D eigenvalue weighted by Crippen LogP contribution is 2.28. The number of piperazine rings is 1. The van der Waals surface area contributed by atoms with Crippen LogP contribution >= 0.6 is 0 Å². The molecule has 1 aliphatic rings. The van der Waals surface area contributed by atoms with Gasteiger partial charge in [0.15, 0.2) is 0 Å². The van der Waals surface area contributed by atoms with Crippen LogP contribution in [0.1, 0.15) is 10.4 Å². The molecule has 3 aromatic rings. The lowest BCUT2D eigenvalue weighted by Crippen LogP contribution is -2.44. The molecule has 1 amide bonds. The van der Waals surface area contributed by atoms with E-state index in [4.69, 9.17) is 0 Å². The SMILES string of the molecule is CN1CCN(c2ccc([N+](=O)[O-])c(C(=O)Nc3cccc4ccccc34)c2)CC1. The van der Waals surface area contributed by atoms with Gasteiger partial charge in [-0.2, -0.15) is 0 Å². The van der Waals surface area contributed by atoms with E-state index in [1.165, 1.54) is 6.07 Å². The van der Waals surface area contributed by atoms with E-state index in [0.717, 1.165) is 42.6 Å². The van der Waals surface area contributed by atoms with E-state index in [9.17, 15) is 14.9 Å². The van der Waals surface area contributed by atoms with E-state index >= 15 is 0 Å². The van der Waals surface area contributed by atoms with Crippen molar-refractivity contribution in [3.8, 4) is 0 Å². The molecule has 0 unspecified atom stereocenters. The van der Waals surface area contributed by atoms with Crippen molar-refractivity contribution < 1.29 is 9.72 Å². The minimum absolute atomic E-state index is 0.0689. The fourth-order valence-corrected chi connectivity index (χ4v) is 3.65. The number of fused-ring (bicyclic) bond motifs is 1. The van der Waals surface area contributed by atoms with Crippen molar-refractivity contribution >= 4 is 33.7 Å². The zero-order chi connectivity index (χ0) is 20.4. The van der Waals surface area contributed by atoms with Gasteiger partial charge in [-0.15, -0.1) is 0 Å². The zero-order valence-corrected chi connectivity index (χ0v) is 16.2. The summed E-state index contributed by atoms with van der Waals surface area (Å²) >= 11 is 0. The quantitative estimate of drug-likeness (QED) is 0.542. The van der Waals surface area contributed by atoms with Crippen LogP contribution in [0.15, 0.2) is 60.7 Å². The second kappa shape index (κ2) is 7.89. The Morgan fingerprint density at radius 2 is 1.72 bits per heavy atom. The van der Waals surface area contributed by atoms with Gasteiger partial charge in [0.05, 0.1) is 4.92 Å². The van der Waals surface area contributed by atoms with Gasteiger partial charge in [0.25, 0.3) is 11.6 Å². The highest BCUT2D eigenvalue weighted by molar-refractivity contribution is 6.11. The van der Waals surface area contributed by atoms with Gasteiger partial charge in [-0.05, 0) is 30.6 Å². The average molecular weight is 390 g/mol. The highest BCUT2D eigenvalue weighted by atomic mass is 16.6. The number of carbonyl (C=O) groups is 1. The van der Waals surface area contributed by atoms with Gasteiger partial charge in [-0.25, -0.2) is 0 Å². The summed E-state index contributed by atoms with van der Waals surface area (Å²) in [6.07, 6.45) is 0. The third-order valence-corrected chi connectivity index (χ3v) is 5.33. The summed E-state index contributed by atoms with van der Waals surface area (Å²) in [5.41, 5.74) is 1.33. The van der Waals surface area contributed by atoms with Crippen LogP contribution in [0.5, 0.6) is 0 Å². The molecule has 1 aliphatic heterocycles. The fraction of sp³-hybridized carbons (Fsp3) is 0.227. The summed E-state index contributed by atoms with van der Waals surface area (Å²) < 4.78 is 0. The molecule has 0 radical (unpaired) electrons. The van der Waals surface area contributed by atoms with Crippen LogP contribution in [-0.2, 0) is 0 Å². The van der Waals surface area contributed by atoms with Crippen LogP contribution in [0.25, 0.3) is 10.8 Å².